The van der Waals surface area contributed by atoms with Gasteiger partial charge in [-0.15, -0.1) is 0 Å². The van der Waals surface area contributed by atoms with Gasteiger partial charge in [-0.2, -0.15) is 13.2 Å². The predicted octanol–water partition coefficient (Wildman–Crippen LogP) is 2.17. The summed E-state index contributed by atoms with van der Waals surface area (Å²) >= 11 is 0. The lowest BCUT2D eigenvalue weighted by molar-refractivity contribution is -0.141. The number of nitrogens with zero attached hydrogens (tertiary/aromatic N) is 3. The minimum atomic E-state index is -4.46. The molecule has 0 aliphatic heterocycles. The molecule has 4 nitrogen and oxygen atoms in total. The molecule has 1 N–H and O–H groups in total. The minimum absolute atomic E-state index is 0.106. The molecule has 0 aliphatic carbocycles. The van der Waals surface area contributed by atoms with Crippen molar-refractivity contribution < 1.29 is 13.2 Å². The van der Waals surface area contributed by atoms with Crippen LogP contribution in [-0.4, -0.2) is 14.6 Å². The largest absolute Gasteiger partial charge is 0.433 e. The first-order valence-electron chi connectivity index (χ1n) is 4.36. The van der Waals surface area contributed by atoms with Crippen LogP contribution in [0.2, 0.25) is 0 Å². The van der Waals surface area contributed by atoms with Crippen LogP contribution in [0.15, 0.2) is 36.8 Å². The van der Waals surface area contributed by atoms with Crippen molar-refractivity contribution in [1.82, 2.24) is 14.6 Å². The highest BCUT2D eigenvalue weighted by molar-refractivity contribution is 5.26. The van der Waals surface area contributed by atoms with Crippen LogP contribution in [0.25, 0.3) is 0 Å². The zero-order valence-corrected chi connectivity index (χ0v) is 7.94. The van der Waals surface area contributed by atoms with Gasteiger partial charge in [0.25, 0.3) is 0 Å². The van der Waals surface area contributed by atoms with Gasteiger partial charge in [-0.3, -0.25) is 10.1 Å². The Hall–Kier alpha value is -2.05. The molecule has 0 spiro atoms. The molecule has 0 aromatic carbocycles. The molecule has 0 fully saturated rings. The Bertz CT molecular complexity index is 464. The first-order valence-corrected chi connectivity index (χ1v) is 4.36. The average molecular weight is 228 g/mol. The number of rotatable bonds is 2. The van der Waals surface area contributed by atoms with Gasteiger partial charge in [0.05, 0.1) is 0 Å². The maximum Gasteiger partial charge on any atom is 0.433 e. The van der Waals surface area contributed by atoms with Crippen molar-refractivity contribution in [3.63, 3.8) is 0 Å². The quantitative estimate of drug-likeness (QED) is 0.856. The summed E-state index contributed by atoms with van der Waals surface area (Å²) in [5, 5.41) is 0. The normalized spacial score (nSPS) is 11.4. The second-order valence-electron chi connectivity index (χ2n) is 2.97. The molecule has 0 atom stereocenters. The van der Waals surface area contributed by atoms with Crippen LogP contribution >= 0.6 is 0 Å². The zero-order chi connectivity index (χ0) is 11.6. The van der Waals surface area contributed by atoms with E-state index < -0.39 is 11.9 Å². The van der Waals surface area contributed by atoms with E-state index in [-0.39, 0.29) is 5.95 Å². The van der Waals surface area contributed by atoms with Crippen molar-refractivity contribution in [2.75, 3.05) is 5.43 Å². The molecular formula is C9H7F3N4. The van der Waals surface area contributed by atoms with Gasteiger partial charge in [0.1, 0.15) is 5.69 Å². The van der Waals surface area contributed by atoms with Crippen LogP contribution in [-0.2, 0) is 6.18 Å². The standard InChI is InChI=1S/C9H7F3N4/c10-9(11,12)7-3-4-13-8(14-7)15-16-5-1-2-6-16/h1-6H,(H,13,14,15). The fourth-order valence-corrected chi connectivity index (χ4v) is 1.09. The van der Waals surface area contributed by atoms with Gasteiger partial charge in [0.15, 0.2) is 0 Å². The van der Waals surface area contributed by atoms with Crippen LogP contribution in [0.5, 0.6) is 0 Å². The second-order valence-corrected chi connectivity index (χ2v) is 2.97. The Morgan fingerprint density at radius 3 is 2.50 bits per heavy atom. The summed E-state index contributed by atoms with van der Waals surface area (Å²) in [4.78, 5) is 7.04. The molecule has 0 aliphatic rings. The third kappa shape index (κ3) is 2.30. The Morgan fingerprint density at radius 2 is 1.88 bits per heavy atom. The van der Waals surface area contributed by atoms with Crippen molar-refractivity contribution in [3.05, 3.63) is 42.5 Å². The van der Waals surface area contributed by atoms with E-state index in [1.165, 1.54) is 4.68 Å². The summed E-state index contributed by atoms with van der Waals surface area (Å²) in [5.74, 6) is -0.106. The monoisotopic (exact) mass is 228 g/mol. The zero-order valence-electron chi connectivity index (χ0n) is 7.94. The Kier molecular flexibility index (Phi) is 2.51. The molecule has 84 valence electrons. The fraction of sp³-hybridized carbons (Fsp3) is 0.111. The number of halogens is 3. The third-order valence-electron chi connectivity index (χ3n) is 1.78. The lowest BCUT2D eigenvalue weighted by Crippen LogP contribution is -2.13. The van der Waals surface area contributed by atoms with Gasteiger partial charge in [-0.05, 0) is 18.2 Å². The molecular weight excluding hydrogens is 221 g/mol. The number of hydrogen-bond donors (Lipinski definition) is 1. The highest BCUT2D eigenvalue weighted by Gasteiger charge is 2.32. The minimum Gasteiger partial charge on any atom is -0.268 e. The summed E-state index contributed by atoms with van der Waals surface area (Å²) in [7, 11) is 0. The molecule has 7 heteroatoms. The van der Waals surface area contributed by atoms with Crippen LogP contribution < -0.4 is 5.43 Å². The topological polar surface area (TPSA) is 42.7 Å². The van der Waals surface area contributed by atoms with Crippen LogP contribution in [0.4, 0.5) is 19.1 Å². The lowest BCUT2D eigenvalue weighted by atomic mass is 10.4. The summed E-state index contributed by atoms with van der Waals surface area (Å²) < 4.78 is 38.4. The van der Waals surface area contributed by atoms with E-state index in [0.717, 1.165) is 12.3 Å². The van der Waals surface area contributed by atoms with Crippen molar-refractivity contribution in [3.8, 4) is 0 Å². The Balaban J connectivity index is 2.23. The van der Waals surface area contributed by atoms with Crippen LogP contribution in [0.3, 0.4) is 0 Å². The fourth-order valence-electron chi connectivity index (χ4n) is 1.09. The van der Waals surface area contributed by atoms with Crippen molar-refractivity contribution in [1.29, 1.82) is 0 Å². The first-order chi connectivity index (χ1) is 7.55. The van der Waals surface area contributed by atoms with Crippen LogP contribution in [0.1, 0.15) is 5.69 Å². The van der Waals surface area contributed by atoms with Gasteiger partial charge >= 0.3 is 6.18 Å². The Labute approximate surface area is 88.7 Å². The molecule has 2 rings (SSSR count). The summed E-state index contributed by atoms with van der Waals surface area (Å²) in [6, 6.07) is 4.27. The number of nitrogens with one attached hydrogen (secondary N) is 1. The summed E-state index contributed by atoms with van der Waals surface area (Å²) in [6.45, 7) is 0. The molecule has 0 unspecified atom stereocenters. The summed E-state index contributed by atoms with van der Waals surface area (Å²) in [6.07, 6.45) is -0.148. The molecule has 0 saturated heterocycles. The maximum atomic E-state index is 12.3. The molecule has 2 aromatic rings. The Morgan fingerprint density at radius 1 is 1.19 bits per heavy atom. The summed E-state index contributed by atoms with van der Waals surface area (Å²) in [5.41, 5.74) is 1.62. The molecule has 16 heavy (non-hydrogen) atoms. The van der Waals surface area contributed by atoms with E-state index in [2.05, 4.69) is 15.4 Å². The molecule has 2 heterocycles. The van der Waals surface area contributed by atoms with Crippen LogP contribution in [0, 0.1) is 0 Å². The average Bonchev–Trinajstić information content (AvgIpc) is 2.70. The first kappa shape index (κ1) is 10.5. The molecule has 0 radical (unpaired) electrons. The highest BCUT2D eigenvalue weighted by atomic mass is 19.4. The van der Waals surface area contributed by atoms with Crippen molar-refractivity contribution in [2.24, 2.45) is 0 Å². The van der Waals surface area contributed by atoms with E-state index in [9.17, 15) is 13.2 Å². The lowest BCUT2D eigenvalue weighted by Gasteiger charge is -2.08. The van der Waals surface area contributed by atoms with Gasteiger partial charge in [-0.1, -0.05) is 0 Å². The molecule has 0 amide bonds. The van der Waals surface area contributed by atoms with Gasteiger partial charge in [-0.25, -0.2) is 9.97 Å². The number of hydrogen-bond acceptors (Lipinski definition) is 3. The number of anilines is 1. The van der Waals surface area contributed by atoms with Gasteiger partial charge < -0.3 is 0 Å². The highest BCUT2D eigenvalue weighted by Crippen LogP contribution is 2.27. The van der Waals surface area contributed by atoms with E-state index >= 15 is 0 Å². The van der Waals surface area contributed by atoms with Crippen molar-refractivity contribution >= 4 is 5.95 Å². The van der Waals surface area contributed by atoms with Crippen molar-refractivity contribution in [2.45, 2.75) is 6.18 Å². The maximum absolute atomic E-state index is 12.3. The van der Waals surface area contributed by atoms with Gasteiger partial charge in [0.2, 0.25) is 5.95 Å². The van der Waals surface area contributed by atoms with E-state index in [0.29, 0.717) is 0 Å². The van der Waals surface area contributed by atoms with E-state index in [1.54, 1.807) is 24.5 Å². The number of alkyl halides is 3. The van der Waals surface area contributed by atoms with Gasteiger partial charge in [0, 0.05) is 18.6 Å². The SMILES string of the molecule is FC(F)(F)c1ccnc(Nn2cccc2)n1. The smallest absolute Gasteiger partial charge is 0.268 e. The molecule has 0 saturated carbocycles. The van der Waals surface area contributed by atoms with E-state index in [1.807, 2.05) is 0 Å². The molecule has 0 bridgehead atoms. The predicted molar refractivity (Wildman–Crippen MR) is 50.5 cm³/mol. The number of aromatic nitrogens is 3. The second kappa shape index (κ2) is 3.84. The molecule has 2 aromatic heterocycles. The third-order valence-corrected chi connectivity index (χ3v) is 1.78. The van der Waals surface area contributed by atoms with E-state index in [4.69, 9.17) is 0 Å².